The average molecular weight is 481 g/mol. The summed E-state index contributed by atoms with van der Waals surface area (Å²) >= 11 is 0. The molecule has 1 saturated heterocycles. The highest BCUT2D eigenvalue weighted by molar-refractivity contribution is 6.37. The lowest BCUT2D eigenvalue weighted by atomic mass is 9.81. The number of benzene rings is 1. The molecule has 1 aliphatic heterocycles. The van der Waals surface area contributed by atoms with E-state index in [1.807, 2.05) is 0 Å². The lowest BCUT2D eigenvalue weighted by Gasteiger charge is -2.35. The first-order chi connectivity index (χ1) is 16.9. The summed E-state index contributed by atoms with van der Waals surface area (Å²) < 4.78 is 14.7. The Balaban J connectivity index is 1.27. The molecular formula is C26H29FN4O4. The highest BCUT2D eigenvalue weighted by Gasteiger charge is 2.35. The van der Waals surface area contributed by atoms with Crippen molar-refractivity contribution in [2.24, 2.45) is 5.92 Å². The number of amides is 2. The summed E-state index contributed by atoms with van der Waals surface area (Å²) in [4.78, 5) is 53.0. The van der Waals surface area contributed by atoms with E-state index >= 15 is 0 Å². The molecule has 2 aliphatic carbocycles. The molecule has 0 unspecified atom stereocenters. The van der Waals surface area contributed by atoms with Crippen LogP contribution < -0.4 is 5.56 Å². The molecule has 1 aromatic carbocycles. The summed E-state index contributed by atoms with van der Waals surface area (Å²) in [5.41, 5.74) is 3.07. The molecule has 184 valence electrons. The highest BCUT2D eigenvalue weighted by Crippen LogP contribution is 2.28. The summed E-state index contributed by atoms with van der Waals surface area (Å²) in [5, 5.41) is 6.82. The highest BCUT2D eigenvalue weighted by atomic mass is 19.1. The van der Waals surface area contributed by atoms with Gasteiger partial charge in [0.15, 0.2) is 0 Å². The zero-order chi connectivity index (χ0) is 24.5. The van der Waals surface area contributed by atoms with Gasteiger partial charge in [-0.2, -0.15) is 5.10 Å². The van der Waals surface area contributed by atoms with Gasteiger partial charge in [0, 0.05) is 44.1 Å². The first-order valence-corrected chi connectivity index (χ1v) is 12.4. The Morgan fingerprint density at radius 1 is 0.971 bits per heavy atom. The molecule has 35 heavy (non-hydrogen) atoms. The lowest BCUT2D eigenvalue weighted by Crippen LogP contribution is -2.53. The van der Waals surface area contributed by atoms with E-state index in [1.54, 1.807) is 12.1 Å². The fraction of sp³-hybridized carbons (Fsp3) is 0.500. The minimum absolute atomic E-state index is 0.0221. The van der Waals surface area contributed by atoms with E-state index in [2.05, 4.69) is 10.2 Å². The number of hydrogen-bond donors (Lipinski definition) is 1. The Bertz CT molecular complexity index is 1230. The monoisotopic (exact) mass is 480 g/mol. The molecule has 9 heteroatoms. The molecule has 0 radical (unpaired) electrons. The van der Waals surface area contributed by atoms with Gasteiger partial charge in [-0.3, -0.25) is 19.2 Å². The van der Waals surface area contributed by atoms with Crippen molar-refractivity contribution < 1.29 is 18.8 Å². The minimum atomic E-state index is -0.603. The fourth-order valence-corrected chi connectivity index (χ4v) is 5.20. The number of carbonyl (C=O) groups excluding carboxylic acids is 3. The lowest BCUT2D eigenvalue weighted by molar-refractivity contribution is -0.149. The maximum Gasteiger partial charge on any atom is 0.290 e. The van der Waals surface area contributed by atoms with Gasteiger partial charge in [0.25, 0.3) is 17.4 Å². The van der Waals surface area contributed by atoms with E-state index < -0.39 is 17.6 Å². The molecule has 2 amide bonds. The van der Waals surface area contributed by atoms with Gasteiger partial charge in [0.2, 0.25) is 5.78 Å². The molecule has 2 heterocycles. The predicted octanol–water partition coefficient (Wildman–Crippen LogP) is 2.03. The molecule has 0 spiro atoms. The summed E-state index contributed by atoms with van der Waals surface area (Å²) in [6.45, 7) is 1.03. The van der Waals surface area contributed by atoms with Crippen LogP contribution in [0.4, 0.5) is 4.39 Å². The van der Waals surface area contributed by atoms with E-state index in [0.717, 1.165) is 67.3 Å². The Kier molecular flexibility index (Phi) is 6.49. The second-order valence-electron chi connectivity index (χ2n) is 9.73. The van der Waals surface area contributed by atoms with Gasteiger partial charge in [-0.1, -0.05) is 12.5 Å². The second-order valence-corrected chi connectivity index (χ2v) is 9.73. The van der Waals surface area contributed by atoms with Crippen LogP contribution in [0.3, 0.4) is 0 Å². The standard InChI is InChI=1S/C26H29FN4O4/c27-21-9-8-16(15-22-18-6-1-2-7-19(18)24(33)29-28-22)14-20(21)25(34)30-10-12-31(13-11-30)26(35)23(32)17-4-3-5-17/h8-9,14,17H,1-7,10-13,15H2,(H,29,33). The number of Topliss-reactive ketones (excluding diaryl/α,β-unsaturated/α-hetero) is 1. The maximum absolute atomic E-state index is 14.7. The third-order valence-electron chi connectivity index (χ3n) is 7.56. The smallest absolute Gasteiger partial charge is 0.290 e. The number of nitrogens with zero attached hydrogens (tertiary/aromatic N) is 3. The normalized spacial score (nSPS) is 18.1. The average Bonchev–Trinajstić information content (AvgIpc) is 2.85. The molecule has 1 N–H and O–H groups in total. The Morgan fingerprint density at radius 2 is 1.66 bits per heavy atom. The second kappa shape index (κ2) is 9.71. The van der Waals surface area contributed by atoms with Crippen LogP contribution in [0, 0.1) is 11.7 Å². The summed E-state index contributed by atoms with van der Waals surface area (Å²) in [7, 11) is 0. The molecule has 2 aromatic rings. The zero-order valence-corrected chi connectivity index (χ0v) is 19.6. The van der Waals surface area contributed by atoms with Gasteiger partial charge >= 0.3 is 0 Å². The third kappa shape index (κ3) is 4.63. The summed E-state index contributed by atoms with van der Waals surface area (Å²) in [5.74, 6) is -1.98. The first kappa shape index (κ1) is 23.4. The van der Waals surface area contributed by atoms with Gasteiger partial charge in [-0.25, -0.2) is 9.49 Å². The number of piperazine rings is 1. The molecular weight excluding hydrogens is 451 g/mol. The molecule has 5 rings (SSSR count). The van der Waals surface area contributed by atoms with Crippen molar-refractivity contribution in [1.29, 1.82) is 0 Å². The van der Waals surface area contributed by atoms with Gasteiger partial charge < -0.3 is 9.80 Å². The number of fused-ring (bicyclic) bond motifs is 1. The minimum Gasteiger partial charge on any atom is -0.335 e. The molecule has 2 fully saturated rings. The quantitative estimate of drug-likeness (QED) is 0.660. The van der Waals surface area contributed by atoms with Crippen LogP contribution in [0.2, 0.25) is 0 Å². The fourth-order valence-electron chi connectivity index (χ4n) is 5.20. The first-order valence-electron chi connectivity index (χ1n) is 12.4. The summed E-state index contributed by atoms with van der Waals surface area (Å²) in [6.07, 6.45) is 6.42. The summed E-state index contributed by atoms with van der Waals surface area (Å²) in [6, 6.07) is 4.48. The predicted molar refractivity (Wildman–Crippen MR) is 126 cm³/mol. The zero-order valence-electron chi connectivity index (χ0n) is 19.6. The van der Waals surface area contributed by atoms with Crippen molar-refractivity contribution in [3.63, 3.8) is 0 Å². The molecule has 3 aliphatic rings. The van der Waals surface area contributed by atoms with Crippen LogP contribution in [0.5, 0.6) is 0 Å². The number of rotatable bonds is 5. The van der Waals surface area contributed by atoms with E-state index in [1.165, 1.54) is 15.9 Å². The number of aromatic nitrogens is 2. The van der Waals surface area contributed by atoms with Gasteiger partial charge in [0.1, 0.15) is 5.82 Å². The van der Waals surface area contributed by atoms with Crippen molar-refractivity contribution in [3.05, 3.63) is 62.3 Å². The topological polar surface area (TPSA) is 103 Å². The molecule has 1 aromatic heterocycles. The number of ketones is 1. The van der Waals surface area contributed by atoms with Crippen LogP contribution in [-0.2, 0) is 28.9 Å². The van der Waals surface area contributed by atoms with Gasteiger partial charge in [-0.05, 0) is 61.8 Å². The van der Waals surface area contributed by atoms with Crippen molar-refractivity contribution >= 4 is 17.6 Å². The SMILES string of the molecule is O=C(C(=O)N1CCN(C(=O)c2cc(Cc3n[nH]c(=O)c4c3CCCC4)ccc2F)CC1)C1CCC1. The number of hydrogen-bond acceptors (Lipinski definition) is 5. The number of nitrogens with one attached hydrogen (secondary N) is 1. The van der Waals surface area contributed by atoms with E-state index in [0.29, 0.717) is 6.42 Å². The van der Waals surface area contributed by atoms with Crippen LogP contribution in [0.25, 0.3) is 0 Å². The number of aromatic amines is 1. The van der Waals surface area contributed by atoms with Crippen LogP contribution >= 0.6 is 0 Å². The van der Waals surface area contributed by atoms with Crippen LogP contribution in [0.1, 0.15) is 64.8 Å². The van der Waals surface area contributed by atoms with Crippen LogP contribution in [0.15, 0.2) is 23.0 Å². The van der Waals surface area contributed by atoms with Gasteiger partial charge in [0.05, 0.1) is 11.3 Å². The van der Waals surface area contributed by atoms with Crippen LogP contribution in [-0.4, -0.2) is 63.8 Å². The Morgan fingerprint density at radius 3 is 2.34 bits per heavy atom. The number of halogens is 1. The largest absolute Gasteiger partial charge is 0.335 e. The molecule has 8 nitrogen and oxygen atoms in total. The Labute approximate surface area is 202 Å². The molecule has 1 saturated carbocycles. The molecule has 0 atom stereocenters. The van der Waals surface area contributed by atoms with Crippen molar-refractivity contribution in [2.45, 2.75) is 51.4 Å². The van der Waals surface area contributed by atoms with E-state index in [4.69, 9.17) is 0 Å². The van der Waals surface area contributed by atoms with E-state index in [9.17, 15) is 23.6 Å². The number of H-pyrrole nitrogens is 1. The van der Waals surface area contributed by atoms with Crippen molar-refractivity contribution in [2.75, 3.05) is 26.2 Å². The van der Waals surface area contributed by atoms with Crippen molar-refractivity contribution in [1.82, 2.24) is 20.0 Å². The van der Waals surface area contributed by atoms with E-state index in [-0.39, 0.29) is 49.0 Å². The maximum atomic E-state index is 14.7. The van der Waals surface area contributed by atoms with Crippen molar-refractivity contribution in [3.8, 4) is 0 Å². The molecule has 0 bridgehead atoms. The number of carbonyl (C=O) groups is 3. The van der Waals surface area contributed by atoms with Gasteiger partial charge in [-0.15, -0.1) is 0 Å². The third-order valence-corrected chi connectivity index (χ3v) is 7.56. The Hall–Kier alpha value is -3.36.